The molecule has 0 aliphatic carbocycles. The standard InChI is InChI=1S/C28H22O6/c29-20-6-4-18(5-7-20)28-27(19-12-23(32)15-24(33)13-19)25-11-16(3-8-26(25)34-28)1-2-17-9-21(30)14-22(31)10-17/h1-15,27-33H/b2-1+. The number of phenols is 5. The van der Waals surface area contributed by atoms with E-state index in [9.17, 15) is 25.5 Å². The van der Waals surface area contributed by atoms with Crippen molar-refractivity contribution in [2.75, 3.05) is 0 Å². The summed E-state index contributed by atoms with van der Waals surface area (Å²) in [5.74, 6) is 0.357. The SMILES string of the molecule is Oc1ccc(C2Oc3ccc(/C=C/c4cc(O)cc(O)c4)cc3C2c2cc(O)cc(O)c2)cc1. The van der Waals surface area contributed by atoms with Crippen LogP contribution in [0.1, 0.15) is 39.8 Å². The van der Waals surface area contributed by atoms with Crippen molar-refractivity contribution in [1.29, 1.82) is 0 Å². The smallest absolute Gasteiger partial charge is 0.135 e. The summed E-state index contributed by atoms with van der Waals surface area (Å²) in [5.41, 5.74) is 3.92. The first-order valence-electron chi connectivity index (χ1n) is 10.7. The van der Waals surface area contributed by atoms with Crippen LogP contribution in [-0.2, 0) is 0 Å². The van der Waals surface area contributed by atoms with Crippen LogP contribution in [0.15, 0.2) is 78.9 Å². The fraction of sp³-hybridized carbons (Fsp3) is 0.0714. The van der Waals surface area contributed by atoms with E-state index in [4.69, 9.17) is 4.74 Å². The van der Waals surface area contributed by atoms with Gasteiger partial charge in [0.25, 0.3) is 0 Å². The molecular formula is C28H22O6. The lowest BCUT2D eigenvalue weighted by atomic mass is 9.84. The third-order valence-corrected chi connectivity index (χ3v) is 5.82. The van der Waals surface area contributed by atoms with Crippen molar-refractivity contribution in [2.45, 2.75) is 12.0 Å². The summed E-state index contributed by atoms with van der Waals surface area (Å²) >= 11 is 0. The summed E-state index contributed by atoms with van der Waals surface area (Å²) in [6.45, 7) is 0. The summed E-state index contributed by atoms with van der Waals surface area (Å²) < 4.78 is 6.29. The number of hydrogen-bond acceptors (Lipinski definition) is 6. The molecule has 1 aliphatic rings. The molecule has 6 heteroatoms. The maximum absolute atomic E-state index is 10.1. The summed E-state index contributed by atoms with van der Waals surface area (Å²) in [6, 6.07) is 21.4. The second-order valence-corrected chi connectivity index (χ2v) is 8.30. The van der Waals surface area contributed by atoms with Crippen molar-refractivity contribution < 1.29 is 30.3 Å². The molecule has 4 aromatic carbocycles. The van der Waals surface area contributed by atoms with E-state index >= 15 is 0 Å². The van der Waals surface area contributed by atoms with Crippen molar-refractivity contribution in [3.05, 3.63) is 107 Å². The predicted octanol–water partition coefficient (Wildman–Crippen LogP) is 5.65. The molecule has 2 unspecified atom stereocenters. The minimum Gasteiger partial charge on any atom is -0.508 e. The van der Waals surface area contributed by atoms with Crippen molar-refractivity contribution >= 4 is 12.2 Å². The number of hydrogen-bond donors (Lipinski definition) is 5. The quantitative estimate of drug-likeness (QED) is 0.255. The molecular weight excluding hydrogens is 432 g/mol. The molecule has 1 aliphatic heterocycles. The minimum absolute atomic E-state index is 0.0255. The molecule has 2 atom stereocenters. The number of fused-ring (bicyclic) bond motifs is 1. The topological polar surface area (TPSA) is 110 Å². The van der Waals surface area contributed by atoms with Gasteiger partial charge in [0.2, 0.25) is 0 Å². The van der Waals surface area contributed by atoms with Gasteiger partial charge in [0.1, 0.15) is 40.6 Å². The van der Waals surface area contributed by atoms with Gasteiger partial charge in [-0.1, -0.05) is 30.4 Å². The zero-order chi connectivity index (χ0) is 23.8. The monoisotopic (exact) mass is 454 g/mol. The van der Waals surface area contributed by atoms with E-state index in [-0.39, 0.29) is 34.7 Å². The van der Waals surface area contributed by atoms with E-state index in [0.717, 1.165) is 16.7 Å². The number of ether oxygens (including phenoxy) is 1. The summed E-state index contributed by atoms with van der Waals surface area (Å²) in [5, 5.41) is 49.4. The highest BCUT2D eigenvalue weighted by Gasteiger charge is 2.37. The first-order valence-corrected chi connectivity index (χ1v) is 10.7. The van der Waals surface area contributed by atoms with Gasteiger partial charge in [-0.05, 0) is 70.8 Å². The number of rotatable bonds is 4. The molecule has 4 aromatic rings. The van der Waals surface area contributed by atoms with Gasteiger partial charge < -0.3 is 30.3 Å². The normalized spacial score (nSPS) is 16.9. The predicted molar refractivity (Wildman–Crippen MR) is 128 cm³/mol. The zero-order valence-corrected chi connectivity index (χ0v) is 18.0. The molecule has 34 heavy (non-hydrogen) atoms. The highest BCUT2D eigenvalue weighted by atomic mass is 16.5. The van der Waals surface area contributed by atoms with E-state index in [1.165, 1.54) is 12.1 Å². The van der Waals surface area contributed by atoms with Crippen LogP contribution in [0, 0.1) is 0 Å². The Labute approximate surface area is 195 Å². The second-order valence-electron chi connectivity index (χ2n) is 8.30. The van der Waals surface area contributed by atoms with Crippen LogP contribution in [0.3, 0.4) is 0 Å². The lowest BCUT2D eigenvalue weighted by Gasteiger charge is -2.20. The van der Waals surface area contributed by atoms with Crippen LogP contribution in [0.5, 0.6) is 34.5 Å². The van der Waals surface area contributed by atoms with Crippen LogP contribution in [0.2, 0.25) is 0 Å². The van der Waals surface area contributed by atoms with E-state index in [0.29, 0.717) is 16.9 Å². The molecule has 170 valence electrons. The molecule has 0 amide bonds. The van der Waals surface area contributed by atoms with Crippen LogP contribution in [-0.4, -0.2) is 25.5 Å². The van der Waals surface area contributed by atoms with E-state index in [1.807, 2.05) is 24.3 Å². The number of phenolic OH excluding ortho intramolecular Hbond substituents is 5. The van der Waals surface area contributed by atoms with Gasteiger partial charge in [0.15, 0.2) is 0 Å². The molecule has 5 N–H and O–H groups in total. The summed E-state index contributed by atoms with van der Waals surface area (Å²) in [7, 11) is 0. The zero-order valence-electron chi connectivity index (χ0n) is 18.0. The lowest BCUT2D eigenvalue weighted by molar-refractivity contribution is 0.222. The third kappa shape index (κ3) is 4.21. The van der Waals surface area contributed by atoms with Crippen molar-refractivity contribution in [3.63, 3.8) is 0 Å². The first-order chi connectivity index (χ1) is 16.4. The second kappa shape index (κ2) is 8.41. The van der Waals surface area contributed by atoms with E-state index in [1.54, 1.807) is 54.6 Å². The summed E-state index contributed by atoms with van der Waals surface area (Å²) in [6.07, 6.45) is 3.21. The highest BCUT2D eigenvalue weighted by molar-refractivity contribution is 5.72. The minimum atomic E-state index is -0.431. The summed E-state index contributed by atoms with van der Waals surface area (Å²) in [4.78, 5) is 0. The van der Waals surface area contributed by atoms with Gasteiger partial charge in [-0.25, -0.2) is 0 Å². The molecule has 5 rings (SSSR count). The van der Waals surface area contributed by atoms with Gasteiger partial charge in [-0.3, -0.25) is 0 Å². The maximum Gasteiger partial charge on any atom is 0.135 e. The largest absolute Gasteiger partial charge is 0.508 e. The van der Waals surface area contributed by atoms with Gasteiger partial charge in [-0.15, -0.1) is 0 Å². The van der Waals surface area contributed by atoms with Crippen LogP contribution < -0.4 is 4.74 Å². The highest BCUT2D eigenvalue weighted by Crippen LogP contribution is 2.51. The van der Waals surface area contributed by atoms with Gasteiger partial charge in [0.05, 0.1) is 5.92 Å². The molecule has 0 fully saturated rings. The molecule has 0 saturated carbocycles. The molecule has 0 aromatic heterocycles. The molecule has 0 bridgehead atoms. The van der Waals surface area contributed by atoms with Crippen molar-refractivity contribution in [2.24, 2.45) is 0 Å². The van der Waals surface area contributed by atoms with Gasteiger partial charge in [0, 0.05) is 17.7 Å². The molecule has 0 radical (unpaired) electrons. The Morgan fingerprint density at radius 2 is 1.12 bits per heavy atom. The fourth-order valence-corrected chi connectivity index (χ4v) is 4.37. The van der Waals surface area contributed by atoms with Crippen LogP contribution in [0.4, 0.5) is 0 Å². The Hall–Kier alpha value is -4.58. The number of aromatic hydroxyl groups is 5. The number of benzene rings is 4. The van der Waals surface area contributed by atoms with Crippen molar-refractivity contribution in [1.82, 2.24) is 0 Å². The molecule has 0 spiro atoms. The Bertz CT molecular complexity index is 1350. The lowest BCUT2D eigenvalue weighted by Crippen LogP contribution is -2.11. The molecule has 0 saturated heterocycles. The van der Waals surface area contributed by atoms with Crippen molar-refractivity contribution in [3.8, 4) is 34.5 Å². The molecule has 1 heterocycles. The van der Waals surface area contributed by atoms with Gasteiger partial charge >= 0.3 is 0 Å². The van der Waals surface area contributed by atoms with Crippen LogP contribution >= 0.6 is 0 Å². The average molecular weight is 454 g/mol. The molecule has 6 nitrogen and oxygen atoms in total. The van der Waals surface area contributed by atoms with E-state index < -0.39 is 6.10 Å². The Morgan fingerprint density at radius 1 is 0.529 bits per heavy atom. The Morgan fingerprint density at radius 3 is 1.76 bits per heavy atom. The first kappa shape index (κ1) is 21.3. The fourth-order valence-electron chi connectivity index (χ4n) is 4.37. The average Bonchev–Trinajstić information content (AvgIpc) is 3.15. The Kier molecular flexibility index (Phi) is 5.26. The Balaban J connectivity index is 1.57. The maximum atomic E-state index is 10.1. The van der Waals surface area contributed by atoms with Gasteiger partial charge in [-0.2, -0.15) is 0 Å². The van der Waals surface area contributed by atoms with Crippen LogP contribution in [0.25, 0.3) is 12.2 Å². The third-order valence-electron chi connectivity index (χ3n) is 5.82. The van der Waals surface area contributed by atoms with E-state index in [2.05, 4.69) is 0 Å².